The molecule has 1 saturated heterocycles. The van der Waals surface area contributed by atoms with Gasteiger partial charge in [-0.05, 0) is 6.42 Å². The number of carboxylic acids is 1. The zero-order chi connectivity index (χ0) is 10.6. The lowest BCUT2D eigenvalue weighted by Crippen LogP contribution is -2.50. The first-order chi connectivity index (χ1) is 6.63. The van der Waals surface area contributed by atoms with Crippen LogP contribution in [0.3, 0.4) is 0 Å². The lowest BCUT2D eigenvalue weighted by atomic mass is 9.96. The molecule has 1 fully saturated rings. The minimum Gasteiger partial charge on any atom is -0.481 e. The molecule has 80 valence electrons. The topological polar surface area (TPSA) is 57.6 Å². The molecule has 0 atom stereocenters. The first-order valence-electron chi connectivity index (χ1n) is 5.13. The third-order valence-corrected chi connectivity index (χ3v) is 2.52. The Balaban J connectivity index is 2.14. The van der Waals surface area contributed by atoms with Gasteiger partial charge in [0.15, 0.2) is 0 Å². The first-order valence-corrected chi connectivity index (χ1v) is 5.13. The maximum atomic E-state index is 11.4. The van der Waals surface area contributed by atoms with E-state index in [2.05, 4.69) is 6.92 Å². The van der Waals surface area contributed by atoms with Crippen molar-refractivity contribution in [3.8, 4) is 0 Å². The highest BCUT2D eigenvalue weighted by Gasteiger charge is 2.31. The fourth-order valence-electron chi connectivity index (χ4n) is 1.64. The van der Waals surface area contributed by atoms with E-state index in [1.54, 1.807) is 4.90 Å². The molecule has 4 heteroatoms. The molecular weight excluding hydrogens is 182 g/mol. The summed E-state index contributed by atoms with van der Waals surface area (Å²) in [5, 5.41) is 8.51. The van der Waals surface area contributed by atoms with Gasteiger partial charge in [-0.3, -0.25) is 9.59 Å². The van der Waals surface area contributed by atoms with Crippen molar-refractivity contribution in [2.24, 2.45) is 5.92 Å². The molecular formula is C10H17NO3. The van der Waals surface area contributed by atoms with Crippen LogP contribution < -0.4 is 0 Å². The highest BCUT2D eigenvalue weighted by atomic mass is 16.4. The van der Waals surface area contributed by atoms with Crippen LogP contribution in [0, 0.1) is 5.92 Å². The number of carboxylic acid groups (broad SMARTS) is 1. The Morgan fingerprint density at radius 2 is 2.07 bits per heavy atom. The van der Waals surface area contributed by atoms with Gasteiger partial charge in [0.2, 0.25) is 5.91 Å². The summed E-state index contributed by atoms with van der Waals surface area (Å²) in [7, 11) is 0. The zero-order valence-corrected chi connectivity index (χ0v) is 8.53. The van der Waals surface area contributed by atoms with Crippen LogP contribution in [0.15, 0.2) is 0 Å². The van der Waals surface area contributed by atoms with Crippen molar-refractivity contribution >= 4 is 11.9 Å². The number of carbonyl (C=O) groups is 2. The van der Waals surface area contributed by atoms with Gasteiger partial charge in [0.1, 0.15) is 0 Å². The highest BCUT2D eigenvalue weighted by molar-refractivity contribution is 5.77. The molecule has 0 aromatic rings. The number of likely N-dealkylation sites (tertiary alicyclic amines) is 1. The van der Waals surface area contributed by atoms with Gasteiger partial charge in [0, 0.05) is 25.4 Å². The van der Waals surface area contributed by atoms with E-state index in [9.17, 15) is 9.59 Å². The number of hydrogen-bond donors (Lipinski definition) is 1. The van der Waals surface area contributed by atoms with Crippen molar-refractivity contribution in [3.05, 3.63) is 0 Å². The molecule has 1 heterocycles. The Labute approximate surface area is 83.9 Å². The SMILES string of the molecule is CCCCC(=O)N1CC(CC(=O)O)C1. The third-order valence-electron chi connectivity index (χ3n) is 2.52. The Kier molecular flexibility index (Phi) is 3.92. The highest BCUT2D eigenvalue weighted by Crippen LogP contribution is 2.20. The standard InChI is InChI=1S/C10H17NO3/c1-2-3-4-9(12)11-6-8(7-11)5-10(13)14/h8H,2-7H2,1H3,(H,13,14). The number of rotatable bonds is 5. The summed E-state index contributed by atoms with van der Waals surface area (Å²) in [5.74, 6) is -0.415. The molecule has 14 heavy (non-hydrogen) atoms. The van der Waals surface area contributed by atoms with Crippen LogP contribution in [-0.2, 0) is 9.59 Å². The van der Waals surface area contributed by atoms with E-state index in [0.29, 0.717) is 19.5 Å². The molecule has 1 amide bonds. The van der Waals surface area contributed by atoms with Gasteiger partial charge in [0.25, 0.3) is 0 Å². The average Bonchev–Trinajstić information content (AvgIpc) is 2.06. The van der Waals surface area contributed by atoms with Crippen molar-refractivity contribution < 1.29 is 14.7 Å². The van der Waals surface area contributed by atoms with Gasteiger partial charge < -0.3 is 10.0 Å². The lowest BCUT2D eigenvalue weighted by Gasteiger charge is -2.38. The van der Waals surface area contributed by atoms with Crippen LogP contribution in [0.5, 0.6) is 0 Å². The lowest BCUT2D eigenvalue weighted by molar-refractivity contribution is -0.145. The van der Waals surface area contributed by atoms with Crippen molar-refractivity contribution in [1.29, 1.82) is 0 Å². The fourth-order valence-corrected chi connectivity index (χ4v) is 1.64. The summed E-state index contributed by atoms with van der Waals surface area (Å²) in [5.41, 5.74) is 0. The second-order valence-electron chi connectivity index (χ2n) is 3.87. The molecule has 0 bridgehead atoms. The fraction of sp³-hybridized carbons (Fsp3) is 0.800. The van der Waals surface area contributed by atoms with Gasteiger partial charge in [-0.2, -0.15) is 0 Å². The van der Waals surface area contributed by atoms with Gasteiger partial charge >= 0.3 is 5.97 Å². The monoisotopic (exact) mass is 199 g/mol. The number of amides is 1. The summed E-state index contributed by atoms with van der Waals surface area (Å²) in [6.07, 6.45) is 2.75. The number of carbonyl (C=O) groups excluding carboxylic acids is 1. The Morgan fingerprint density at radius 1 is 1.43 bits per heavy atom. The predicted octanol–water partition coefficient (Wildman–Crippen LogP) is 1.11. The van der Waals surface area contributed by atoms with Crippen LogP contribution in [0.25, 0.3) is 0 Å². The number of nitrogens with zero attached hydrogens (tertiary/aromatic N) is 1. The molecule has 0 aliphatic carbocycles. The second-order valence-corrected chi connectivity index (χ2v) is 3.87. The van der Waals surface area contributed by atoms with Gasteiger partial charge in [0.05, 0.1) is 6.42 Å². The van der Waals surface area contributed by atoms with Crippen LogP contribution in [0.2, 0.25) is 0 Å². The summed E-state index contributed by atoms with van der Waals surface area (Å²) in [6.45, 7) is 3.32. The third kappa shape index (κ3) is 3.01. The van der Waals surface area contributed by atoms with E-state index < -0.39 is 5.97 Å². The van der Waals surface area contributed by atoms with Crippen LogP contribution in [0.1, 0.15) is 32.6 Å². The quantitative estimate of drug-likeness (QED) is 0.721. The molecule has 0 saturated carbocycles. The minimum atomic E-state index is -0.768. The number of hydrogen-bond acceptors (Lipinski definition) is 2. The van der Waals surface area contributed by atoms with E-state index in [4.69, 9.17) is 5.11 Å². The average molecular weight is 199 g/mol. The molecule has 1 aliphatic rings. The summed E-state index contributed by atoms with van der Waals surface area (Å²) >= 11 is 0. The number of unbranched alkanes of at least 4 members (excludes halogenated alkanes) is 1. The van der Waals surface area contributed by atoms with Crippen molar-refractivity contribution in [2.45, 2.75) is 32.6 Å². The molecule has 0 radical (unpaired) electrons. The first kappa shape index (κ1) is 11.0. The maximum absolute atomic E-state index is 11.4. The van der Waals surface area contributed by atoms with Gasteiger partial charge in [-0.15, -0.1) is 0 Å². The van der Waals surface area contributed by atoms with E-state index in [0.717, 1.165) is 12.8 Å². The normalized spacial score (nSPS) is 16.5. The Bertz CT molecular complexity index is 221. The number of aliphatic carboxylic acids is 1. The Morgan fingerprint density at radius 3 is 2.57 bits per heavy atom. The van der Waals surface area contributed by atoms with Crippen molar-refractivity contribution in [1.82, 2.24) is 4.90 Å². The van der Waals surface area contributed by atoms with E-state index in [1.807, 2.05) is 0 Å². The minimum absolute atomic E-state index is 0.175. The van der Waals surface area contributed by atoms with Crippen molar-refractivity contribution in [2.75, 3.05) is 13.1 Å². The molecule has 1 N–H and O–H groups in total. The zero-order valence-electron chi connectivity index (χ0n) is 8.53. The van der Waals surface area contributed by atoms with Gasteiger partial charge in [-0.25, -0.2) is 0 Å². The summed E-state index contributed by atoms with van der Waals surface area (Å²) in [6, 6.07) is 0. The van der Waals surface area contributed by atoms with E-state index in [1.165, 1.54) is 0 Å². The molecule has 0 unspecified atom stereocenters. The molecule has 0 aromatic carbocycles. The maximum Gasteiger partial charge on any atom is 0.303 e. The van der Waals surface area contributed by atoms with Crippen molar-refractivity contribution in [3.63, 3.8) is 0 Å². The molecule has 1 aliphatic heterocycles. The molecule has 0 aromatic heterocycles. The summed E-state index contributed by atoms with van der Waals surface area (Å²) in [4.78, 5) is 23.5. The Hall–Kier alpha value is -1.06. The van der Waals surface area contributed by atoms with Gasteiger partial charge in [-0.1, -0.05) is 13.3 Å². The molecule has 1 rings (SSSR count). The smallest absolute Gasteiger partial charge is 0.303 e. The largest absolute Gasteiger partial charge is 0.481 e. The molecule has 0 spiro atoms. The van der Waals surface area contributed by atoms with E-state index >= 15 is 0 Å². The van der Waals surface area contributed by atoms with Crippen LogP contribution in [-0.4, -0.2) is 35.0 Å². The van der Waals surface area contributed by atoms with Crippen LogP contribution >= 0.6 is 0 Å². The molecule has 4 nitrogen and oxygen atoms in total. The summed E-state index contributed by atoms with van der Waals surface area (Å²) < 4.78 is 0. The van der Waals surface area contributed by atoms with E-state index in [-0.39, 0.29) is 18.2 Å². The second kappa shape index (κ2) is 4.98. The predicted molar refractivity (Wildman–Crippen MR) is 51.8 cm³/mol. The van der Waals surface area contributed by atoms with Crippen LogP contribution in [0.4, 0.5) is 0 Å².